The number of nitrogens with zero attached hydrogens (tertiary/aromatic N) is 1. The van der Waals surface area contributed by atoms with Crippen molar-refractivity contribution < 1.29 is 0 Å². The van der Waals surface area contributed by atoms with Gasteiger partial charge in [-0.2, -0.15) is 0 Å². The number of pyridine rings is 1. The van der Waals surface area contributed by atoms with Crippen LogP contribution in [0.3, 0.4) is 0 Å². The Labute approximate surface area is 106 Å². The molecule has 0 atom stereocenters. The van der Waals surface area contributed by atoms with Gasteiger partial charge in [0.15, 0.2) is 0 Å². The second kappa shape index (κ2) is 3.88. The van der Waals surface area contributed by atoms with Gasteiger partial charge in [-0.3, -0.25) is 0 Å². The summed E-state index contributed by atoms with van der Waals surface area (Å²) in [5.74, 6) is 0. The zero-order chi connectivity index (χ0) is 12.7. The fourth-order valence-electron chi connectivity index (χ4n) is 2.23. The lowest BCUT2D eigenvalue weighted by atomic mass is 9.99. The summed E-state index contributed by atoms with van der Waals surface area (Å²) >= 11 is 0. The number of aryl methyl sites for hydroxylation is 2. The Morgan fingerprint density at radius 1 is 1.11 bits per heavy atom. The van der Waals surface area contributed by atoms with Crippen LogP contribution in [0, 0.1) is 13.8 Å². The second-order valence-electron chi connectivity index (χ2n) is 4.63. The maximum Gasteiger partial charge on any atom is 0.139 e. The minimum absolute atomic E-state index is 0.742. The van der Waals surface area contributed by atoms with E-state index >= 15 is 0 Å². The van der Waals surface area contributed by atoms with E-state index in [1.165, 1.54) is 16.7 Å². The van der Waals surface area contributed by atoms with Crippen LogP contribution >= 0.6 is 0 Å². The van der Waals surface area contributed by atoms with Gasteiger partial charge in [0.2, 0.25) is 0 Å². The molecular formula is C15H15N3. The second-order valence-corrected chi connectivity index (χ2v) is 4.63. The maximum absolute atomic E-state index is 6.01. The highest BCUT2D eigenvalue weighted by Gasteiger charge is 2.09. The van der Waals surface area contributed by atoms with Crippen molar-refractivity contribution in [2.45, 2.75) is 13.8 Å². The molecule has 0 unspecified atom stereocenters. The summed E-state index contributed by atoms with van der Waals surface area (Å²) in [5, 5.41) is 1.00. The number of nitrogen functional groups attached to an aromatic ring is 1. The average Bonchev–Trinajstić information content (AvgIpc) is 2.75. The summed E-state index contributed by atoms with van der Waals surface area (Å²) in [4.78, 5) is 7.38. The van der Waals surface area contributed by atoms with Crippen LogP contribution in [0.5, 0.6) is 0 Å². The molecule has 0 aliphatic carbocycles. The maximum atomic E-state index is 6.01. The summed E-state index contributed by atoms with van der Waals surface area (Å²) in [7, 11) is 0. The lowest BCUT2D eigenvalue weighted by molar-refractivity contribution is 1.32. The molecule has 0 bridgehead atoms. The van der Waals surface area contributed by atoms with E-state index in [9.17, 15) is 0 Å². The number of nitrogens with two attached hydrogens (primary N) is 1. The number of hydrogen-bond donors (Lipinski definition) is 2. The van der Waals surface area contributed by atoms with E-state index in [1.807, 2.05) is 12.3 Å². The number of aromatic amines is 1. The highest BCUT2D eigenvalue weighted by atomic mass is 14.9. The molecule has 18 heavy (non-hydrogen) atoms. The SMILES string of the molecule is Cc1ccc(-c2ccnc3[nH]cc(N)c23)cc1C. The smallest absolute Gasteiger partial charge is 0.139 e. The Balaban J connectivity index is 2.30. The molecule has 3 nitrogen and oxygen atoms in total. The van der Waals surface area contributed by atoms with E-state index in [2.05, 4.69) is 42.0 Å². The number of hydrogen-bond acceptors (Lipinski definition) is 2. The Kier molecular flexibility index (Phi) is 2.33. The highest BCUT2D eigenvalue weighted by Crippen LogP contribution is 2.31. The van der Waals surface area contributed by atoms with Gasteiger partial charge in [-0.25, -0.2) is 4.98 Å². The number of nitrogens with one attached hydrogen (secondary N) is 1. The number of rotatable bonds is 1. The first kappa shape index (κ1) is 10.8. The molecule has 0 saturated heterocycles. The van der Waals surface area contributed by atoms with Crippen molar-refractivity contribution in [1.82, 2.24) is 9.97 Å². The molecule has 2 aromatic heterocycles. The van der Waals surface area contributed by atoms with Crippen molar-refractivity contribution in [2.24, 2.45) is 0 Å². The van der Waals surface area contributed by atoms with Crippen LogP contribution in [0.4, 0.5) is 5.69 Å². The lowest BCUT2D eigenvalue weighted by Crippen LogP contribution is -1.88. The Morgan fingerprint density at radius 2 is 1.94 bits per heavy atom. The fourth-order valence-corrected chi connectivity index (χ4v) is 2.23. The molecule has 3 heteroatoms. The number of fused-ring (bicyclic) bond motifs is 1. The molecule has 0 amide bonds. The molecule has 3 rings (SSSR count). The van der Waals surface area contributed by atoms with Crippen molar-refractivity contribution in [2.75, 3.05) is 5.73 Å². The highest BCUT2D eigenvalue weighted by molar-refractivity contribution is 6.01. The molecule has 1 aromatic carbocycles. The zero-order valence-electron chi connectivity index (χ0n) is 10.5. The first-order chi connectivity index (χ1) is 8.66. The molecule has 2 heterocycles. The van der Waals surface area contributed by atoms with Crippen LogP contribution in [0.2, 0.25) is 0 Å². The van der Waals surface area contributed by atoms with Gasteiger partial charge in [0, 0.05) is 17.8 Å². The molecule has 90 valence electrons. The molecule has 0 spiro atoms. The quantitative estimate of drug-likeness (QED) is 0.681. The molecule has 3 aromatic rings. The average molecular weight is 237 g/mol. The molecule has 0 aliphatic heterocycles. The van der Waals surface area contributed by atoms with Crippen molar-refractivity contribution in [3.05, 3.63) is 47.8 Å². The first-order valence-corrected chi connectivity index (χ1v) is 5.96. The van der Waals surface area contributed by atoms with Gasteiger partial charge >= 0.3 is 0 Å². The lowest BCUT2D eigenvalue weighted by Gasteiger charge is -2.07. The Morgan fingerprint density at radius 3 is 2.72 bits per heavy atom. The van der Waals surface area contributed by atoms with Gasteiger partial charge in [0.05, 0.1) is 5.69 Å². The fraction of sp³-hybridized carbons (Fsp3) is 0.133. The molecule has 0 fully saturated rings. The van der Waals surface area contributed by atoms with E-state index in [-0.39, 0.29) is 0 Å². The van der Waals surface area contributed by atoms with Gasteiger partial charge in [-0.1, -0.05) is 18.2 Å². The third-order valence-electron chi connectivity index (χ3n) is 3.42. The van der Waals surface area contributed by atoms with Crippen molar-refractivity contribution in [3.8, 4) is 11.1 Å². The van der Waals surface area contributed by atoms with Crippen LogP contribution in [-0.2, 0) is 0 Å². The Hall–Kier alpha value is -2.29. The van der Waals surface area contributed by atoms with Crippen LogP contribution in [-0.4, -0.2) is 9.97 Å². The largest absolute Gasteiger partial charge is 0.397 e. The first-order valence-electron chi connectivity index (χ1n) is 5.96. The molecule has 0 aliphatic rings. The number of benzene rings is 1. The standard InChI is InChI=1S/C15H15N3/c1-9-3-4-11(7-10(9)2)12-5-6-17-15-14(12)13(16)8-18-15/h3-8H,16H2,1-2H3,(H,17,18). The van der Waals surface area contributed by atoms with Crippen molar-refractivity contribution in [1.29, 1.82) is 0 Å². The third kappa shape index (κ3) is 1.56. The van der Waals surface area contributed by atoms with Gasteiger partial charge in [0.1, 0.15) is 5.65 Å². The number of aromatic nitrogens is 2. The monoisotopic (exact) mass is 237 g/mol. The molecule has 0 saturated carbocycles. The normalized spacial score (nSPS) is 11.0. The summed E-state index contributed by atoms with van der Waals surface area (Å²) < 4.78 is 0. The minimum Gasteiger partial charge on any atom is -0.397 e. The van der Waals surface area contributed by atoms with Gasteiger partial charge in [-0.15, -0.1) is 0 Å². The molecule has 0 radical (unpaired) electrons. The van der Waals surface area contributed by atoms with E-state index in [4.69, 9.17) is 5.73 Å². The third-order valence-corrected chi connectivity index (χ3v) is 3.42. The van der Waals surface area contributed by atoms with Gasteiger partial charge < -0.3 is 10.7 Å². The van der Waals surface area contributed by atoms with Crippen molar-refractivity contribution >= 4 is 16.7 Å². The number of anilines is 1. The van der Waals surface area contributed by atoms with Crippen LogP contribution in [0.15, 0.2) is 36.7 Å². The van der Waals surface area contributed by atoms with Crippen molar-refractivity contribution in [3.63, 3.8) is 0 Å². The topological polar surface area (TPSA) is 54.7 Å². The predicted octanol–water partition coefficient (Wildman–Crippen LogP) is 3.43. The van der Waals surface area contributed by atoms with E-state index in [1.54, 1.807) is 6.20 Å². The van der Waals surface area contributed by atoms with E-state index < -0.39 is 0 Å². The summed E-state index contributed by atoms with van der Waals surface area (Å²) in [6, 6.07) is 8.47. The van der Waals surface area contributed by atoms with Crippen LogP contribution in [0.25, 0.3) is 22.2 Å². The molecule has 3 N–H and O–H groups in total. The van der Waals surface area contributed by atoms with Gasteiger partial charge in [-0.05, 0) is 42.2 Å². The van der Waals surface area contributed by atoms with Crippen LogP contribution in [0.1, 0.15) is 11.1 Å². The van der Waals surface area contributed by atoms with Gasteiger partial charge in [0.25, 0.3) is 0 Å². The number of H-pyrrole nitrogens is 1. The van der Waals surface area contributed by atoms with E-state index in [0.29, 0.717) is 0 Å². The Bertz CT molecular complexity index is 726. The summed E-state index contributed by atoms with van der Waals surface area (Å²) in [6.07, 6.45) is 3.60. The molecular weight excluding hydrogens is 222 g/mol. The predicted molar refractivity (Wildman–Crippen MR) is 75.4 cm³/mol. The van der Waals surface area contributed by atoms with E-state index in [0.717, 1.165) is 22.3 Å². The summed E-state index contributed by atoms with van der Waals surface area (Å²) in [5.41, 5.74) is 12.5. The zero-order valence-corrected chi connectivity index (χ0v) is 10.5. The minimum atomic E-state index is 0.742. The van der Waals surface area contributed by atoms with Crippen LogP contribution < -0.4 is 5.73 Å². The summed E-state index contributed by atoms with van der Waals surface area (Å²) in [6.45, 7) is 4.24.